The van der Waals surface area contributed by atoms with E-state index in [-0.39, 0.29) is 5.75 Å². The molecule has 0 saturated heterocycles. The molecule has 9 heteroatoms. The highest BCUT2D eigenvalue weighted by molar-refractivity contribution is 8.67. The van der Waals surface area contributed by atoms with Crippen molar-refractivity contribution in [3.05, 3.63) is 29.3 Å². The molecule has 0 aliphatic rings. The van der Waals surface area contributed by atoms with E-state index >= 15 is 0 Å². The van der Waals surface area contributed by atoms with Gasteiger partial charge in [0.2, 0.25) is 11.6 Å². The Morgan fingerprint density at radius 2 is 1.87 bits per heavy atom. The van der Waals surface area contributed by atoms with Crippen LogP contribution < -0.4 is 4.90 Å². The molecule has 1 unspecified atom stereocenters. The van der Waals surface area contributed by atoms with Crippen LogP contribution in [0.4, 0.5) is 5.69 Å². The first-order valence-electron chi connectivity index (χ1n) is 6.74. The Kier molecular flexibility index (Phi) is 7.23. The monoisotopic (exact) mass is 377 g/mol. The Labute approximate surface area is 144 Å². The fourth-order valence-corrected chi connectivity index (χ4v) is 3.93. The molecule has 1 amide bonds. The summed E-state index contributed by atoms with van der Waals surface area (Å²) in [5.74, 6) is -1.24. The van der Waals surface area contributed by atoms with Gasteiger partial charge >= 0.3 is 5.97 Å². The first kappa shape index (κ1) is 20.1. The largest absolute Gasteiger partial charge is 0.467 e. The zero-order valence-electron chi connectivity index (χ0n) is 13.3. The van der Waals surface area contributed by atoms with Crippen molar-refractivity contribution in [2.45, 2.75) is 26.8 Å². The molecular weight excluding hydrogens is 357 g/mol. The van der Waals surface area contributed by atoms with Gasteiger partial charge in [0, 0.05) is 0 Å². The highest BCUT2D eigenvalue weighted by Crippen LogP contribution is 2.50. The number of anilines is 1. The number of aryl methyl sites for hydroxylation is 2. The number of rotatable bonds is 6. The summed E-state index contributed by atoms with van der Waals surface area (Å²) >= 11 is 5.13. The molecule has 0 aliphatic carbocycles. The number of esters is 1. The molecule has 0 aromatic heterocycles. The lowest BCUT2D eigenvalue weighted by Gasteiger charge is -2.30. The molecule has 6 nitrogen and oxygen atoms in total. The fraction of sp³-hybridized carbons (Fsp3) is 0.429. The van der Waals surface area contributed by atoms with Gasteiger partial charge in [-0.05, 0) is 43.7 Å². The number of nitrogens with zero attached hydrogens (tertiary/aromatic N) is 1. The maximum Gasteiger partial charge on any atom is 0.328 e. The van der Waals surface area contributed by atoms with Crippen LogP contribution in [0.2, 0.25) is 0 Å². The van der Waals surface area contributed by atoms with E-state index in [1.165, 1.54) is 12.0 Å². The van der Waals surface area contributed by atoms with Crippen LogP contribution in [-0.2, 0) is 26.1 Å². The number of hydrogen-bond donors (Lipinski definition) is 2. The SMILES string of the molecule is COC(=O)C(C)N(C(=O)CSP(O)(O)=S)c1c(C)cccc1C. The van der Waals surface area contributed by atoms with Gasteiger partial charge in [-0.1, -0.05) is 29.6 Å². The molecule has 1 aromatic rings. The van der Waals surface area contributed by atoms with Gasteiger partial charge in [0.15, 0.2) is 0 Å². The third-order valence-electron chi connectivity index (χ3n) is 3.23. The Bertz CT molecular complexity index is 626. The standard InChI is InChI=1S/C14H20NO5PS2/c1-9-6-5-7-10(2)13(9)15(11(3)14(17)20-4)12(16)8-23-21(18,19)22/h5-7,11H,8H2,1-4H3,(H2,18,19,22). The number of ether oxygens (including phenoxy) is 1. The summed E-state index contributed by atoms with van der Waals surface area (Å²) in [6.45, 7) is 5.23. The van der Waals surface area contributed by atoms with Gasteiger partial charge in [0.1, 0.15) is 6.04 Å². The van der Waals surface area contributed by atoms with Crippen LogP contribution in [0, 0.1) is 13.8 Å². The van der Waals surface area contributed by atoms with E-state index < -0.39 is 23.6 Å². The van der Waals surface area contributed by atoms with Crippen molar-refractivity contribution in [2.24, 2.45) is 0 Å². The number of benzene rings is 1. The molecule has 1 atom stereocenters. The van der Waals surface area contributed by atoms with Crippen LogP contribution in [0.5, 0.6) is 0 Å². The third kappa shape index (κ3) is 5.58. The number of carbonyl (C=O) groups excluding carboxylic acids is 2. The van der Waals surface area contributed by atoms with Crippen molar-refractivity contribution in [1.29, 1.82) is 0 Å². The lowest BCUT2D eigenvalue weighted by molar-refractivity contribution is -0.142. The van der Waals surface area contributed by atoms with Crippen LogP contribution >= 0.6 is 17.1 Å². The van der Waals surface area contributed by atoms with E-state index in [1.807, 2.05) is 32.0 Å². The van der Waals surface area contributed by atoms with Gasteiger partial charge in [-0.2, -0.15) is 0 Å². The minimum absolute atomic E-state index is 0.237. The Balaban J connectivity index is 3.25. The minimum atomic E-state index is -3.55. The molecule has 0 bridgehead atoms. The van der Waals surface area contributed by atoms with Gasteiger partial charge in [0.25, 0.3) is 0 Å². The van der Waals surface area contributed by atoms with Crippen molar-refractivity contribution in [2.75, 3.05) is 17.8 Å². The Morgan fingerprint density at radius 1 is 1.35 bits per heavy atom. The first-order chi connectivity index (χ1) is 10.6. The quantitative estimate of drug-likeness (QED) is 0.580. The van der Waals surface area contributed by atoms with Crippen molar-refractivity contribution in [3.63, 3.8) is 0 Å². The summed E-state index contributed by atoms with van der Waals surface area (Å²) in [4.78, 5) is 44.5. The highest BCUT2D eigenvalue weighted by Gasteiger charge is 2.30. The van der Waals surface area contributed by atoms with E-state index in [9.17, 15) is 19.4 Å². The molecular formula is C14H20NO5PS2. The highest BCUT2D eigenvalue weighted by atomic mass is 32.9. The van der Waals surface area contributed by atoms with Crippen LogP contribution in [0.1, 0.15) is 18.1 Å². The maximum absolute atomic E-state index is 12.6. The summed E-state index contributed by atoms with van der Waals surface area (Å²) in [6, 6.07) is 4.68. The maximum atomic E-state index is 12.6. The lowest BCUT2D eigenvalue weighted by Crippen LogP contribution is -2.45. The van der Waals surface area contributed by atoms with E-state index in [2.05, 4.69) is 11.8 Å². The van der Waals surface area contributed by atoms with Gasteiger partial charge < -0.3 is 14.5 Å². The number of methoxy groups -OCH3 is 1. The predicted molar refractivity (Wildman–Crippen MR) is 96.1 cm³/mol. The second kappa shape index (κ2) is 8.26. The van der Waals surface area contributed by atoms with E-state index in [4.69, 9.17) is 4.74 Å². The lowest BCUT2D eigenvalue weighted by atomic mass is 10.1. The minimum Gasteiger partial charge on any atom is -0.467 e. The topological polar surface area (TPSA) is 87.1 Å². The van der Waals surface area contributed by atoms with Gasteiger partial charge in [-0.25, -0.2) is 4.79 Å². The summed E-state index contributed by atoms with van der Waals surface area (Å²) in [5, 5.41) is 0. The van der Waals surface area contributed by atoms with Crippen molar-refractivity contribution in [1.82, 2.24) is 0 Å². The predicted octanol–water partition coefficient (Wildman–Crippen LogP) is 2.14. The molecule has 23 heavy (non-hydrogen) atoms. The average Bonchev–Trinajstić information content (AvgIpc) is 2.46. The summed E-state index contributed by atoms with van der Waals surface area (Å²) in [6.07, 6.45) is 0. The summed E-state index contributed by atoms with van der Waals surface area (Å²) in [7, 11) is 1.25. The smallest absolute Gasteiger partial charge is 0.328 e. The molecule has 0 spiro atoms. The summed E-state index contributed by atoms with van der Waals surface area (Å²) in [5.41, 5.74) is -1.29. The Hall–Kier alpha value is -0.920. The van der Waals surface area contributed by atoms with Gasteiger partial charge in [0.05, 0.1) is 18.6 Å². The van der Waals surface area contributed by atoms with Crippen LogP contribution in [0.15, 0.2) is 18.2 Å². The van der Waals surface area contributed by atoms with Crippen LogP contribution in [0.25, 0.3) is 0 Å². The van der Waals surface area contributed by atoms with Crippen molar-refractivity contribution in [3.8, 4) is 0 Å². The van der Waals surface area contributed by atoms with Crippen molar-refractivity contribution >= 4 is 46.4 Å². The average molecular weight is 377 g/mol. The molecule has 0 heterocycles. The number of amides is 1. The van der Waals surface area contributed by atoms with Gasteiger partial charge in [-0.3, -0.25) is 9.69 Å². The zero-order valence-corrected chi connectivity index (χ0v) is 15.9. The molecule has 1 rings (SSSR count). The second-order valence-corrected chi connectivity index (χ2v) is 11.0. The van der Waals surface area contributed by atoms with Crippen LogP contribution in [0.3, 0.4) is 0 Å². The fourth-order valence-electron chi connectivity index (χ4n) is 2.20. The van der Waals surface area contributed by atoms with E-state index in [0.717, 1.165) is 11.1 Å². The van der Waals surface area contributed by atoms with Crippen molar-refractivity contribution < 1.29 is 24.1 Å². The molecule has 2 N–H and O–H groups in total. The molecule has 128 valence electrons. The van der Waals surface area contributed by atoms with E-state index in [1.54, 1.807) is 6.92 Å². The number of para-hydroxylation sites is 1. The number of hydrogen-bond acceptors (Lipinski definition) is 5. The van der Waals surface area contributed by atoms with E-state index in [0.29, 0.717) is 17.1 Å². The molecule has 0 aliphatic heterocycles. The number of carbonyl (C=O) groups is 2. The molecule has 0 fully saturated rings. The Morgan fingerprint density at radius 3 is 2.30 bits per heavy atom. The molecule has 0 radical (unpaired) electrons. The molecule has 0 saturated carbocycles. The zero-order chi connectivity index (χ0) is 17.8. The first-order valence-corrected chi connectivity index (χ1v) is 11.0. The molecule has 1 aromatic carbocycles. The van der Waals surface area contributed by atoms with Gasteiger partial charge in [-0.15, -0.1) is 0 Å². The van der Waals surface area contributed by atoms with Crippen LogP contribution in [-0.4, -0.2) is 40.6 Å². The second-order valence-electron chi connectivity index (χ2n) is 4.97. The normalized spacial score (nSPS) is 12.6. The third-order valence-corrected chi connectivity index (χ3v) is 6.29. The summed E-state index contributed by atoms with van der Waals surface area (Å²) < 4.78 is 4.74.